The Morgan fingerprint density at radius 1 is 1.13 bits per heavy atom. The average Bonchev–Trinajstić information content (AvgIpc) is 3.10. The molecule has 0 spiro atoms. The van der Waals surface area contributed by atoms with E-state index < -0.39 is 21.8 Å². The van der Waals surface area contributed by atoms with Crippen molar-refractivity contribution in [1.82, 2.24) is 14.9 Å². The van der Waals surface area contributed by atoms with Gasteiger partial charge in [0.2, 0.25) is 0 Å². The molecule has 0 saturated carbocycles. The summed E-state index contributed by atoms with van der Waals surface area (Å²) in [6.45, 7) is 2.01. The molecule has 166 valence electrons. The van der Waals surface area contributed by atoms with Crippen LogP contribution in [0.1, 0.15) is 19.3 Å². The van der Waals surface area contributed by atoms with Gasteiger partial charge in [-0.2, -0.15) is 0 Å². The molecule has 1 atom stereocenters. The van der Waals surface area contributed by atoms with E-state index in [4.69, 9.17) is 16.3 Å². The normalized spacial score (nSPS) is 20.4. The molecular formula is C20H22ClFN4O4S. The lowest BCUT2D eigenvalue weighted by Gasteiger charge is -2.37. The summed E-state index contributed by atoms with van der Waals surface area (Å²) in [5.74, 6) is -0.337. The summed E-state index contributed by atoms with van der Waals surface area (Å²) in [6.07, 6.45) is 5.38. The lowest BCUT2D eigenvalue weighted by Crippen LogP contribution is -2.47. The van der Waals surface area contributed by atoms with Crippen LogP contribution in [0.4, 0.5) is 10.2 Å². The number of piperidine rings is 1. The summed E-state index contributed by atoms with van der Waals surface area (Å²) in [6, 6.07) is 3.53. The molecule has 1 aromatic carbocycles. The standard InChI is InChI=1S/C20H22ClFN4O4S/c1-31(28,29)14-2-3-16(15(22)10-14)30-17-6-9-26(20(17)27)13-4-7-25(8-5-13)19-12-23-18(21)11-24-19/h2-3,10-13,17H,4-9H2,1H3. The highest BCUT2D eigenvalue weighted by Gasteiger charge is 2.39. The van der Waals surface area contributed by atoms with Crippen molar-refractivity contribution in [2.45, 2.75) is 36.3 Å². The van der Waals surface area contributed by atoms with Crippen LogP contribution < -0.4 is 9.64 Å². The zero-order chi connectivity index (χ0) is 22.2. The molecule has 31 heavy (non-hydrogen) atoms. The van der Waals surface area contributed by atoms with Gasteiger partial charge in [-0.25, -0.2) is 22.8 Å². The van der Waals surface area contributed by atoms with Crippen LogP contribution in [-0.2, 0) is 14.6 Å². The second-order valence-electron chi connectivity index (χ2n) is 7.71. The van der Waals surface area contributed by atoms with E-state index >= 15 is 0 Å². The van der Waals surface area contributed by atoms with Crippen LogP contribution >= 0.6 is 11.6 Å². The van der Waals surface area contributed by atoms with Crippen LogP contribution in [-0.4, -0.2) is 67.2 Å². The molecule has 4 rings (SSSR count). The molecule has 1 amide bonds. The van der Waals surface area contributed by atoms with Crippen LogP contribution in [0.5, 0.6) is 5.75 Å². The van der Waals surface area contributed by atoms with Gasteiger partial charge in [0.25, 0.3) is 5.91 Å². The molecule has 11 heteroatoms. The topological polar surface area (TPSA) is 92.7 Å². The van der Waals surface area contributed by atoms with E-state index in [9.17, 15) is 17.6 Å². The Bertz CT molecular complexity index is 1080. The number of anilines is 1. The molecule has 8 nitrogen and oxygen atoms in total. The van der Waals surface area contributed by atoms with Crippen LogP contribution in [0.3, 0.4) is 0 Å². The minimum Gasteiger partial charge on any atom is -0.477 e. The number of hydrogen-bond acceptors (Lipinski definition) is 7. The van der Waals surface area contributed by atoms with E-state index in [1.807, 2.05) is 0 Å². The number of rotatable bonds is 5. The van der Waals surface area contributed by atoms with Crippen molar-refractivity contribution in [1.29, 1.82) is 0 Å². The number of carbonyl (C=O) groups excluding carboxylic acids is 1. The third kappa shape index (κ3) is 4.74. The van der Waals surface area contributed by atoms with E-state index in [1.165, 1.54) is 18.3 Å². The van der Waals surface area contributed by atoms with Gasteiger partial charge in [-0.15, -0.1) is 0 Å². The third-order valence-corrected chi connectivity index (χ3v) is 6.93. The summed E-state index contributed by atoms with van der Waals surface area (Å²) >= 11 is 5.79. The molecule has 2 fully saturated rings. The number of hydrogen-bond donors (Lipinski definition) is 0. The number of likely N-dealkylation sites (tertiary alicyclic amines) is 1. The molecule has 2 aromatic rings. The maximum Gasteiger partial charge on any atom is 0.263 e. The molecule has 2 aliphatic rings. The minimum atomic E-state index is -3.52. The Morgan fingerprint density at radius 3 is 2.48 bits per heavy atom. The van der Waals surface area contributed by atoms with E-state index in [2.05, 4.69) is 14.9 Å². The Hall–Kier alpha value is -2.46. The van der Waals surface area contributed by atoms with Gasteiger partial charge in [0.15, 0.2) is 27.5 Å². The largest absolute Gasteiger partial charge is 0.477 e. The van der Waals surface area contributed by atoms with Crippen LogP contribution in [0.25, 0.3) is 0 Å². The lowest BCUT2D eigenvalue weighted by molar-refractivity contribution is -0.135. The molecule has 1 aromatic heterocycles. The van der Waals surface area contributed by atoms with Gasteiger partial charge in [0.05, 0.1) is 17.3 Å². The number of halogens is 2. The first-order chi connectivity index (χ1) is 14.7. The SMILES string of the molecule is CS(=O)(=O)c1ccc(OC2CCN(C3CCN(c4cnc(Cl)cn4)CC3)C2=O)c(F)c1. The molecule has 0 radical (unpaired) electrons. The van der Waals surface area contributed by atoms with Crippen LogP contribution in [0, 0.1) is 5.82 Å². The Labute approximate surface area is 184 Å². The predicted octanol–water partition coefficient (Wildman–Crippen LogP) is 2.32. The van der Waals surface area contributed by atoms with Gasteiger partial charge in [-0.3, -0.25) is 4.79 Å². The molecule has 0 N–H and O–H groups in total. The number of amides is 1. The molecule has 3 heterocycles. The fourth-order valence-corrected chi connectivity index (χ4v) is 4.71. The molecule has 2 saturated heterocycles. The second kappa shape index (κ2) is 8.58. The van der Waals surface area contributed by atoms with Crippen LogP contribution in [0.2, 0.25) is 5.15 Å². The van der Waals surface area contributed by atoms with E-state index in [0.29, 0.717) is 18.1 Å². The van der Waals surface area contributed by atoms with Gasteiger partial charge < -0.3 is 14.5 Å². The highest BCUT2D eigenvalue weighted by molar-refractivity contribution is 7.90. The first-order valence-electron chi connectivity index (χ1n) is 9.91. The molecule has 2 aliphatic heterocycles. The van der Waals surface area contributed by atoms with Crippen molar-refractivity contribution < 1.29 is 22.3 Å². The second-order valence-corrected chi connectivity index (χ2v) is 10.1. The smallest absolute Gasteiger partial charge is 0.263 e. The Morgan fingerprint density at radius 2 is 1.87 bits per heavy atom. The van der Waals surface area contributed by atoms with Gasteiger partial charge in [-0.1, -0.05) is 11.6 Å². The maximum atomic E-state index is 14.3. The minimum absolute atomic E-state index is 0.0788. The molecule has 0 aliphatic carbocycles. The predicted molar refractivity (Wildman–Crippen MR) is 113 cm³/mol. The monoisotopic (exact) mass is 468 g/mol. The number of aromatic nitrogens is 2. The number of carbonyl (C=O) groups is 1. The number of sulfone groups is 1. The maximum absolute atomic E-state index is 14.3. The Balaban J connectivity index is 1.36. The summed E-state index contributed by atoms with van der Waals surface area (Å²) < 4.78 is 43.0. The summed E-state index contributed by atoms with van der Waals surface area (Å²) in [5.41, 5.74) is 0. The van der Waals surface area contributed by atoms with Crippen molar-refractivity contribution >= 4 is 33.2 Å². The molecule has 1 unspecified atom stereocenters. The number of benzene rings is 1. The summed E-state index contributed by atoms with van der Waals surface area (Å²) in [4.78, 5) is 25.0. The van der Waals surface area contributed by atoms with Crippen molar-refractivity contribution in [3.63, 3.8) is 0 Å². The fourth-order valence-electron chi connectivity index (χ4n) is 3.98. The number of ether oxygens (including phenoxy) is 1. The summed E-state index contributed by atoms with van der Waals surface area (Å²) in [5, 5.41) is 0.342. The summed E-state index contributed by atoms with van der Waals surface area (Å²) in [7, 11) is -3.52. The first kappa shape index (κ1) is 21.8. The third-order valence-electron chi connectivity index (χ3n) is 5.63. The average molecular weight is 469 g/mol. The molecular weight excluding hydrogens is 447 g/mol. The van der Waals surface area contributed by atoms with E-state index in [1.54, 1.807) is 11.1 Å². The van der Waals surface area contributed by atoms with E-state index in [-0.39, 0.29) is 22.6 Å². The van der Waals surface area contributed by atoms with Gasteiger partial charge >= 0.3 is 0 Å². The van der Waals surface area contributed by atoms with Crippen molar-refractivity contribution in [2.24, 2.45) is 0 Å². The van der Waals surface area contributed by atoms with Gasteiger partial charge in [-0.05, 0) is 31.0 Å². The van der Waals surface area contributed by atoms with Crippen molar-refractivity contribution in [2.75, 3.05) is 30.8 Å². The van der Waals surface area contributed by atoms with Crippen molar-refractivity contribution in [3.05, 3.63) is 41.6 Å². The molecule has 0 bridgehead atoms. The first-order valence-corrected chi connectivity index (χ1v) is 12.2. The van der Waals surface area contributed by atoms with Crippen molar-refractivity contribution in [3.8, 4) is 5.75 Å². The lowest BCUT2D eigenvalue weighted by atomic mass is 10.0. The Kier molecular flexibility index (Phi) is 6.02. The highest BCUT2D eigenvalue weighted by atomic mass is 35.5. The van der Waals surface area contributed by atoms with Gasteiger partial charge in [0, 0.05) is 38.4 Å². The number of nitrogens with zero attached hydrogens (tertiary/aromatic N) is 4. The fraction of sp³-hybridized carbons (Fsp3) is 0.450. The van der Waals surface area contributed by atoms with E-state index in [0.717, 1.165) is 44.1 Å². The zero-order valence-electron chi connectivity index (χ0n) is 16.9. The van der Waals surface area contributed by atoms with Crippen LogP contribution in [0.15, 0.2) is 35.5 Å². The van der Waals surface area contributed by atoms with Gasteiger partial charge in [0.1, 0.15) is 11.0 Å². The zero-order valence-corrected chi connectivity index (χ0v) is 18.4. The quantitative estimate of drug-likeness (QED) is 0.664. The highest BCUT2D eigenvalue weighted by Crippen LogP contribution is 2.28.